The number of aromatic nitrogens is 1. The van der Waals surface area contributed by atoms with Crippen molar-refractivity contribution in [3.8, 4) is 0 Å². The molecule has 5 rings (SSSR count). The van der Waals surface area contributed by atoms with Gasteiger partial charge in [0.05, 0.1) is 11.6 Å². The molecule has 1 atom stereocenters. The summed E-state index contributed by atoms with van der Waals surface area (Å²) in [5, 5.41) is 3.43. The summed E-state index contributed by atoms with van der Waals surface area (Å²) in [5.41, 5.74) is 4.96. The van der Waals surface area contributed by atoms with Gasteiger partial charge in [-0.15, -0.1) is 0 Å². The molecule has 3 aromatic carbocycles. The second-order valence-corrected chi connectivity index (χ2v) is 8.36. The van der Waals surface area contributed by atoms with E-state index in [0.717, 1.165) is 34.4 Å². The number of amides is 1. The van der Waals surface area contributed by atoms with Crippen LogP contribution < -0.4 is 15.6 Å². The maximum absolute atomic E-state index is 13.3. The number of anilines is 1. The van der Waals surface area contributed by atoms with Crippen molar-refractivity contribution in [1.29, 1.82) is 0 Å². The Morgan fingerprint density at radius 3 is 2.55 bits per heavy atom. The molecular weight excluding hydrogens is 487 g/mol. The molecule has 0 aliphatic carbocycles. The van der Waals surface area contributed by atoms with Crippen molar-refractivity contribution >= 4 is 22.5 Å². The Morgan fingerprint density at radius 2 is 1.82 bits per heavy atom. The maximum Gasteiger partial charge on any atom is 0.255 e. The number of pyridine rings is 1. The largest absolute Gasteiger partial charge is 0.422 e. The third-order valence-corrected chi connectivity index (χ3v) is 6.16. The van der Waals surface area contributed by atoms with Gasteiger partial charge in [0.2, 0.25) is 0 Å². The number of nitrogens with zero attached hydrogens (tertiary/aromatic N) is 2. The van der Waals surface area contributed by atoms with Crippen LogP contribution in [-0.4, -0.2) is 24.1 Å². The minimum absolute atomic E-state index is 0. The molecule has 4 aromatic rings. The van der Waals surface area contributed by atoms with Crippen LogP contribution in [0.1, 0.15) is 33.1 Å². The zero-order valence-corrected chi connectivity index (χ0v) is 21.5. The van der Waals surface area contributed by atoms with Gasteiger partial charge < -0.3 is 19.6 Å². The van der Waals surface area contributed by atoms with Crippen LogP contribution in [0.5, 0.6) is 0 Å². The third-order valence-electron chi connectivity index (χ3n) is 6.16. The molecule has 1 aliphatic heterocycles. The molecule has 1 aliphatic rings. The van der Waals surface area contributed by atoms with E-state index < -0.39 is 0 Å². The molecular formula is C27H24N3O2Y-. The summed E-state index contributed by atoms with van der Waals surface area (Å²) in [7, 11) is 2.02. The van der Waals surface area contributed by atoms with Crippen molar-refractivity contribution in [2.24, 2.45) is 0 Å². The molecule has 1 radical (unpaired) electrons. The van der Waals surface area contributed by atoms with Crippen LogP contribution in [0.25, 0.3) is 10.9 Å². The number of carbonyl (C=O) groups is 1. The van der Waals surface area contributed by atoms with E-state index in [9.17, 15) is 9.59 Å². The number of carbonyl (C=O) groups excluding carboxylic acids is 1. The van der Waals surface area contributed by atoms with Crippen LogP contribution in [0.15, 0.2) is 77.7 Å². The summed E-state index contributed by atoms with van der Waals surface area (Å²) in [6.07, 6.45) is 1.73. The predicted octanol–water partition coefficient (Wildman–Crippen LogP) is 4.08. The van der Waals surface area contributed by atoms with Crippen LogP contribution in [0.2, 0.25) is 0 Å². The summed E-state index contributed by atoms with van der Waals surface area (Å²) in [6, 6.07) is 24.8. The van der Waals surface area contributed by atoms with Gasteiger partial charge in [0.1, 0.15) is 5.43 Å². The molecule has 5 nitrogen and oxygen atoms in total. The molecule has 1 amide bonds. The van der Waals surface area contributed by atoms with Gasteiger partial charge in [-0.1, -0.05) is 71.2 Å². The molecule has 0 bridgehead atoms. The van der Waals surface area contributed by atoms with Crippen LogP contribution in [0.4, 0.5) is 5.69 Å². The Labute approximate surface area is 218 Å². The molecule has 6 heteroatoms. The quantitative estimate of drug-likeness (QED) is 0.421. The Balaban J connectivity index is 0.00000259. The SMILES string of the molecule is Cc1ccc(CNC(=O)c2cn3c4c(c[c-]cc4c2=O)N(C)CC3c2ccccc2)cc1.[Y]. The third kappa shape index (κ3) is 4.40. The topological polar surface area (TPSA) is 54.3 Å². The molecule has 1 aromatic heterocycles. The van der Waals surface area contributed by atoms with Gasteiger partial charge in [-0.3, -0.25) is 4.79 Å². The standard InChI is InChI=1S/C27H24N3O2.Y/c1-18-11-13-19(14-12-18)15-28-27(32)22-16-30-24(20-7-4-3-5-8-20)17-29(2)23-10-6-9-21(25(23)30)26(22)31;/h3-5,7-14,16,24H,15,17H2,1-2H3,(H,28,32);/q-1;. The van der Waals surface area contributed by atoms with Crippen molar-refractivity contribution in [3.63, 3.8) is 0 Å². The number of hydrogen-bond donors (Lipinski definition) is 1. The number of nitrogens with one attached hydrogen (secondary N) is 1. The number of rotatable bonds is 4. The summed E-state index contributed by atoms with van der Waals surface area (Å²) < 4.78 is 2.08. The number of aryl methyl sites for hydroxylation is 1. The number of benzene rings is 3. The molecule has 33 heavy (non-hydrogen) atoms. The first-order chi connectivity index (χ1) is 15.5. The zero-order chi connectivity index (χ0) is 22.2. The number of likely N-dealkylation sites (N-methyl/N-ethyl adjacent to an activating group) is 1. The first kappa shape index (κ1) is 23.4. The summed E-state index contributed by atoms with van der Waals surface area (Å²) in [6.45, 7) is 3.13. The van der Waals surface area contributed by atoms with Crippen LogP contribution >= 0.6 is 0 Å². The van der Waals surface area contributed by atoms with E-state index in [1.807, 2.05) is 62.5 Å². The van der Waals surface area contributed by atoms with E-state index >= 15 is 0 Å². The van der Waals surface area contributed by atoms with E-state index in [4.69, 9.17) is 0 Å². The van der Waals surface area contributed by atoms with E-state index in [1.54, 1.807) is 12.3 Å². The second-order valence-electron chi connectivity index (χ2n) is 8.36. The number of hydrogen-bond acceptors (Lipinski definition) is 3. The molecule has 1 unspecified atom stereocenters. The van der Waals surface area contributed by atoms with Gasteiger partial charge in [0.15, 0.2) is 0 Å². The van der Waals surface area contributed by atoms with Crippen LogP contribution in [-0.2, 0) is 39.3 Å². The van der Waals surface area contributed by atoms with Gasteiger partial charge >= 0.3 is 0 Å². The molecule has 163 valence electrons. The van der Waals surface area contributed by atoms with Crippen molar-refractivity contribution in [3.05, 3.63) is 111 Å². The minimum Gasteiger partial charge on any atom is -0.422 e. The Morgan fingerprint density at radius 1 is 1.09 bits per heavy atom. The van der Waals surface area contributed by atoms with Gasteiger partial charge in [-0.2, -0.15) is 18.2 Å². The van der Waals surface area contributed by atoms with Gasteiger partial charge in [-0.25, -0.2) is 0 Å². The molecule has 0 saturated carbocycles. The van der Waals surface area contributed by atoms with Crippen molar-refractivity contribution in [2.75, 3.05) is 18.5 Å². The van der Waals surface area contributed by atoms with Gasteiger partial charge in [0, 0.05) is 52.0 Å². The van der Waals surface area contributed by atoms with E-state index in [1.165, 1.54) is 0 Å². The smallest absolute Gasteiger partial charge is 0.255 e. The predicted molar refractivity (Wildman–Crippen MR) is 127 cm³/mol. The Bertz CT molecular complexity index is 1360. The molecule has 2 heterocycles. The van der Waals surface area contributed by atoms with E-state index in [0.29, 0.717) is 11.9 Å². The first-order valence-electron chi connectivity index (χ1n) is 10.7. The monoisotopic (exact) mass is 511 g/mol. The Hall–Kier alpha value is -2.76. The first-order valence-corrected chi connectivity index (χ1v) is 10.7. The average molecular weight is 511 g/mol. The Kier molecular flexibility index (Phi) is 6.82. The summed E-state index contributed by atoms with van der Waals surface area (Å²) in [5.74, 6) is -0.364. The van der Waals surface area contributed by atoms with Crippen molar-refractivity contribution < 1.29 is 37.5 Å². The molecule has 0 fully saturated rings. The van der Waals surface area contributed by atoms with Crippen LogP contribution in [0, 0.1) is 13.0 Å². The zero-order valence-electron chi connectivity index (χ0n) is 18.7. The fraction of sp³-hybridized carbons (Fsp3) is 0.185. The second kappa shape index (κ2) is 9.62. The fourth-order valence-electron chi connectivity index (χ4n) is 4.40. The van der Waals surface area contributed by atoms with Gasteiger partial charge in [-0.05, 0) is 30.6 Å². The fourth-order valence-corrected chi connectivity index (χ4v) is 4.40. The summed E-state index contributed by atoms with van der Waals surface area (Å²) in [4.78, 5) is 28.5. The van der Waals surface area contributed by atoms with Crippen LogP contribution in [0.3, 0.4) is 0 Å². The molecule has 0 spiro atoms. The van der Waals surface area contributed by atoms with Crippen molar-refractivity contribution in [2.45, 2.75) is 19.5 Å². The minimum atomic E-state index is -0.364. The molecule has 1 N–H and O–H groups in total. The average Bonchev–Trinajstić information content (AvgIpc) is 2.82. The van der Waals surface area contributed by atoms with E-state index in [-0.39, 0.29) is 55.7 Å². The van der Waals surface area contributed by atoms with E-state index in [2.05, 4.69) is 33.0 Å². The molecule has 0 saturated heterocycles. The normalized spacial score (nSPS) is 14.6. The van der Waals surface area contributed by atoms with Gasteiger partial charge in [0.25, 0.3) is 5.91 Å². The summed E-state index contributed by atoms with van der Waals surface area (Å²) >= 11 is 0. The van der Waals surface area contributed by atoms with Crippen molar-refractivity contribution in [1.82, 2.24) is 9.88 Å². The maximum atomic E-state index is 13.3.